The Bertz CT molecular complexity index is 2440. The molecule has 12 heteroatoms. The topological polar surface area (TPSA) is 113 Å². The zero-order valence-corrected chi connectivity index (χ0v) is 32.1. The number of phenolic OH excluding ortho intramolecular Hbond substituents is 1. The molecule has 1 saturated carbocycles. The van der Waals surface area contributed by atoms with Gasteiger partial charge in [-0.3, -0.25) is 28.8 Å². The summed E-state index contributed by atoms with van der Waals surface area (Å²) >= 11 is 10.1. The van der Waals surface area contributed by atoms with Crippen LogP contribution in [0.5, 0.6) is 5.75 Å². The van der Waals surface area contributed by atoms with Crippen molar-refractivity contribution in [3.8, 4) is 16.3 Å². The van der Waals surface area contributed by atoms with Crippen LogP contribution in [0.1, 0.15) is 36.8 Å². The Morgan fingerprint density at radius 1 is 0.942 bits per heavy atom. The molecule has 0 radical (unpaired) electrons. The molecule has 6 atom stereocenters. The van der Waals surface area contributed by atoms with Crippen molar-refractivity contribution in [2.24, 2.45) is 36.1 Å². The van der Waals surface area contributed by atoms with Gasteiger partial charge in [-0.1, -0.05) is 35.4 Å². The van der Waals surface area contributed by atoms with E-state index in [0.29, 0.717) is 34.2 Å². The number of imide groups is 2. The molecule has 9 nitrogen and oxygen atoms in total. The summed E-state index contributed by atoms with van der Waals surface area (Å²) in [4.78, 5) is 61.5. The minimum Gasteiger partial charge on any atom is -0.508 e. The van der Waals surface area contributed by atoms with Crippen molar-refractivity contribution < 1.29 is 24.3 Å². The van der Waals surface area contributed by atoms with E-state index in [-0.39, 0.29) is 35.8 Å². The fourth-order valence-corrected chi connectivity index (χ4v) is 11.1. The van der Waals surface area contributed by atoms with E-state index in [4.69, 9.17) is 16.7 Å². The van der Waals surface area contributed by atoms with Gasteiger partial charge in [0.1, 0.15) is 17.3 Å². The maximum Gasteiger partial charge on any atom is 0.242 e. The number of aromatic nitrogens is 2. The standard InChI is InChI=1S/C40H32ClIN4O5S/c1-19-27-16-21(41)7-14-31(27)52-35(19)30-18-32(44(3)43-30)46-37(49)29-17-28-25(34(40(29,2)39(46)51)20-5-4-6-24(47)15-20)12-13-26-33(28)38(50)45(36(26)48)23-10-8-22(42)9-11-23/h4-12,14-16,18,26,28-29,33-34,47H,13,17H2,1-3H3/t26-,28+,29-,33-,34-,40+/m0/s1. The highest BCUT2D eigenvalue weighted by molar-refractivity contribution is 14.1. The molecule has 9 rings (SSSR count). The molecule has 3 fully saturated rings. The average molecular weight is 843 g/mol. The third-order valence-electron chi connectivity index (χ3n) is 11.8. The minimum atomic E-state index is -1.24. The lowest BCUT2D eigenvalue weighted by atomic mass is 9.51. The Balaban J connectivity index is 1.14. The van der Waals surface area contributed by atoms with E-state index >= 15 is 0 Å². The van der Waals surface area contributed by atoms with Crippen molar-refractivity contribution in [1.82, 2.24) is 9.78 Å². The number of rotatable bonds is 4. The molecular weight excluding hydrogens is 811 g/mol. The molecule has 2 saturated heterocycles. The van der Waals surface area contributed by atoms with Crippen LogP contribution in [0.4, 0.5) is 11.5 Å². The van der Waals surface area contributed by atoms with Crippen LogP contribution in [0.15, 0.2) is 84.4 Å². The molecular formula is C40H32ClIN4O5S. The van der Waals surface area contributed by atoms with Gasteiger partial charge in [0.05, 0.1) is 33.7 Å². The first kappa shape index (κ1) is 33.5. The summed E-state index contributed by atoms with van der Waals surface area (Å²) in [5.41, 5.74) is 2.49. The fourth-order valence-electron chi connectivity index (χ4n) is 9.38. The van der Waals surface area contributed by atoms with Crippen molar-refractivity contribution in [3.05, 3.63) is 104 Å². The number of benzene rings is 3. The van der Waals surface area contributed by atoms with Gasteiger partial charge in [-0.25, -0.2) is 4.90 Å². The van der Waals surface area contributed by atoms with Crippen LogP contribution in [-0.2, 0) is 26.2 Å². The summed E-state index contributed by atoms with van der Waals surface area (Å²) in [6.45, 7) is 3.85. The van der Waals surface area contributed by atoms with Crippen LogP contribution < -0.4 is 9.80 Å². The Labute approximate surface area is 322 Å². The van der Waals surface area contributed by atoms with Gasteiger partial charge in [0.25, 0.3) is 0 Å². The molecule has 4 aliphatic rings. The first-order chi connectivity index (χ1) is 24.9. The van der Waals surface area contributed by atoms with Crippen molar-refractivity contribution in [2.75, 3.05) is 9.80 Å². The molecule has 5 aromatic rings. The normalized spacial score (nSPS) is 26.9. The highest BCUT2D eigenvalue weighted by atomic mass is 127. The molecule has 4 heterocycles. The van der Waals surface area contributed by atoms with Crippen molar-refractivity contribution in [1.29, 1.82) is 0 Å². The average Bonchev–Trinajstić information content (AvgIpc) is 3.79. The predicted octanol–water partition coefficient (Wildman–Crippen LogP) is 8.01. The van der Waals surface area contributed by atoms with Gasteiger partial charge >= 0.3 is 0 Å². The molecule has 262 valence electrons. The first-order valence-corrected chi connectivity index (χ1v) is 19.4. The monoisotopic (exact) mass is 842 g/mol. The summed E-state index contributed by atoms with van der Waals surface area (Å²) in [6.07, 6.45) is 2.60. The lowest BCUT2D eigenvalue weighted by molar-refractivity contribution is -0.131. The van der Waals surface area contributed by atoms with Gasteiger partial charge in [-0.05, 0) is 126 Å². The molecule has 0 spiro atoms. The number of hydrogen-bond acceptors (Lipinski definition) is 7. The highest BCUT2D eigenvalue weighted by Crippen LogP contribution is 2.64. The third-order valence-corrected chi connectivity index (χ3v) is 14.0. The first-order valence-electron chi connectivity index (χ1n) is 17.1. The summed E-state index contributed by atoms with van der Waals surface area (Å²) in [6, 6.07) is 21.6. The number of carbonyl (C=O) groups is 4. The number of aryl methyl sites for hydroxylation is 2. The molecule has 1 N–H and O–H groups in total. The molecule has 2 aliphatic carbocycles. The molecule has 2 aromatic heterocycles. The van der Waals surface area contributed by atoms with E-state index in [1.54, 1.807) is 59.5 Å². The van der Waals surface area contributed by atoms with Gasteiger partial charge < -0.3 is 5.11 Å². The van der Waals surface area contributed by atoms with E-state index < -0.39 is 35.0 Å². The van der Waals surface area contributed by atoms with Gasteiger partial charge in [0.15, 0.2) is 0 Å². The van der Waals surface area contributed by atoms with E-state index in [1.165, 1.54) is 9.80 Å². The summed E-state index contributed by atoms with van der Waals surface area (Å²) in [5.74, 6) is -3.98. The molecule has 3 aromatic carbocycles. The summed E-state index contributed by atoms with van der Waals surface area (Å²) < 4.78 is 3.62. The maximum absolute atomic E-state index is 15.0. The van der Waals surface area contributed by atoms with E-state index in [2.05, 4.69) is 22.6 Å². The number of aromatic hydroxyl groups is 1. The number of amides is 4. The zero-order valence-electron chi connectivity index (χ0n) is 28.3. The molecule has 52 heavy (non-hydrogen) atoms. The van der Waals surface area contributed by atoms with Crippen molar-refractivity contribution in [2.45, 2.75) is 32.6 Å². The van der Waals surface area contributed by atoms with Crippen LogP contribution in [0, 0.1) is 39.6 Å². The highest BCUT2D eigenvalue weighted by Gasteiger charge is 2.68. The number of allylic oxidation sites excluding steroid dienone is 2. The number of nitrogens with zero attached hydrogens (tertiary/aromatic N) is 4. The Hall–Kier alpha value is -4.33. The van der Waals surface area contributed by atoms with Crippen molar-refractivity contribution >= 4 is 90.7 Å². The Morgan fingerprint density at radius 2 is 1.71 bits per heavy atom. The second kappa shape index (κ2) is 11.8. The van der Waals surface area contributed by atoms with E-state index in [0.717, 1.165) is 29.7 Å². The Kier molecular flexibility index (Phi) is 7.63. The SMILES string of the molecule is Cc1c(-c2cc(N3C(=O)[C@@H]4C[C@@H]5C(=CC[C@@H]6C(=O)N(c7ccc(I)cc7)C(=O)[C@@H]65)[C@H](c5cccc(O)c5)[C@]4(C)C3=O)n(C)n2)sc2ccc(Cl)cc12. The van der Waals surface area contributed by atoms with Crippen LogP contribution in [0.3, 0.4) is 0 Å². The number of hydrogen-bond donors (Lipinski definition) is 1. The number of phenols is 1. The van der Waals surface area contributed by atoms with E-state index in [1.807, 2.05) is 56.3 Å². The lowest BCUT2D eigenvalue weighted by Crippen LogP contribution is -2.48. The predicted molar refractivity (Wildman–Crippen MR) is 208 cm³/mol. The molecule has 0 unspecified atom stereocenters. The van der Waals surface area contributed by atoms with Crippen LogP contribution in [-0.4, -0.2) is 38.5 Å². The minimum absolute atomic E-state index is 0.0379. The van der Waals surface area contributed by atoms with Gasteiger partial charge in [-0.2, -0.15) is 5.10 Å². The van der Waals surface area contributed by atoms with Gasteiger partial charge in [0.2, 0.25) is 23.6 Å². The molecule has 4 amide bonds. The Morgan fingerprint density at radius 3 is 2.46 bits per heavy atom. The van der Waals surface area contributed by atoms with Gasteiger partial charge in [-0.15, -0.1) is 11.3 Å². The number of anilines is 2. The van der Waals surface area contributed by atoms with Crippen LogP contribution in [0.25, 0.3) is 20.7 Å². The van der Waals surface area contributed by atoms with Crippen LogP contribution in [0.2, 0.25) is 5.02 Å². The third kappa shape index (κ3) is 4.67. The lowest BCUT2D eigenvalue weighted by Gasteiger charge is -2.49. The second-order valence-corrected chi connectivity index (χ2v) is 17.2. The summed E-state index contributed by atoms with van der Waals surface area (Å²) in [7, 11) is 1.73. The second-order valence-electron chi connectivity index (χ2n) is 14.5. The molecule has 0 bridgehead atoms. The number of carbonyl (C=O) groups excluding carboxylic acids is 4. The van der Waals surface area contributed by atoms with E-state index in [9.17, 15) is 24.3 Å². The number of fused-ring (bicyclic) bond motifs is 5. The maximum atomic E-state index is 15.0. The van der Waals surface area contributed by atoms with Gasteiger partial charge in [0, 0.05) is 32.3 Å². The van der Waals surface area contributed by atoms with Crippen LogP contribution >= 0.6 is 45.5 Å². The number of halogens is 2. The largest absolute Gasteiger partial charge is 0.508 e. The fraction of sp³-hybridized carbons (Fsp3) is 0.275. The summed E-state index contributed by atoms with van der Waals surface area (Å²) in [5, 5.41) is 17.1. The zero-order chi connectivity index (χ0) is 36.4. The molecule has 2 aliphatic heterocycles. The number of thiophene rings is 1. The quantitative estimate of drug-likeness (QED) is 0.112. The van der Waals surface area contributed by atoms with Crippen molar-refractivity contribution in [3.63, 3.8) is 0 Å². The smallest absolute Gasteiger partial charge is 0.242 e.